The second kappa shape index (κ2) is 10.6. The second-order valence-electron chi connectivity index (χ2n) is 17.2. The molecule has 5 aliphatic rings. The lowest BCUT2D eigenvalue weighted by Crippen LogP contribution is -2.63. The van der Waals surface area contributed by atoms with Crippen LogP contribution >= 0.6 is 0 Å². The molecular formula is C54H31B2N5. The molecule has 9 aromatic carbocycles. The molecule has 0 atom stereocenters. The predicted molar refractivity (Wildman–Crippen MR) is 257 cm³/mol. The lowest BCUT2D eigenvalue weighted by atomic mass is 9.32. The highest BCUT2D eigenvalue weighted by molar-refractivity contribution is 7.03. The lowest BCUT2D eigenvalue weighted by molar-refractivity contribution is 1.15. The van der Waals surface area contributed by atoms with Gasteiger partial charge in [-0.3, -0.25) is 0 Å². The van der Waals surface area contributed by atoms with Gasteiger partial charge in [0.25, 0.3) is 13.4 Å². The molecule has 5 nitrogen and oxygen atoms in total. The number of aromatic nitrogens is 2. The van der Waals surface area contributed by atoms with Crippen molar-refractivity contribution in [3.05, 3.63) is 182 Å². The molecule has 0 saturated heterocycles. The molecule has 1 N–H and O–H groups in total. The van der Waals surface area contributed by atoms with Crippen LogP contribution in [0.4, 0.5) is 45.5 Å². The van der Waals surface area contributed by atoms with E-state index in [1.54, 1.807) is 0 Å². The Balaban J connectivity index is 1.09. The molecule has 0 amide bonds. The first kappa shape index (κ1) is 31.1. The Kier molecular flexibility index (Phi) is 5.42. The molecule has 0 fully saturated rings. The van der Waals surface area contributed by atoms with E-state index in [-0.39, 0.29) is 13.4 Å². The van der Waals surface area contributed by atoms with E-state index in [1.807, 2.05) is 0 Å². The topological polar surface area (TPSA) is 28.4 Å². The zero-order valence-electron chi connectivity index (χ0n) is 32.8. The Morgan fingerprint density at radius 1 is 0.295 bits per heavy atom. The highest BCUT2D eigenvalue weighted by Crippen LogP contribution is 2.49. The fourth-order valence-electron chi connectivity index (χ4n) is 12.5. The average Bonchev–Trinajstić information content (AvgIpc) is 3.85. The van der Waals surface area contributed by atoms with Gasteiger partial charge in [-0.2, -0.15) is 0 Å². The van der Waals surface area contributed by atoms with Gasteiger partial charge in [0, 0.05) is 78.4 Å². The van der Waals surface area contributed by atoms with Gasteiger partial charge in [-0.25, -0.2) is 0 Å². The summed E-state index contributed by atoms with van der Waals surface area (Å²) in [6.07, 6.45) is 0. The van der Waals surface area contributed by atoms with Gasteiger partial charge in [-0.1, -0.05) is 109 Å². The van der Waals surface area contributed by atoms with Crippen molar-refractivity contribution < 1.29 is 0 Å². The summed E-state index contributed by atoms with van der Waals surface area (Å²) < 4.78 is 5.30. The number of hydrogen-bond donors (Lipinski definition) is 1. The van der Waals surface area contributed by atoms with Gasteiger partial charge in [0.1, 0.15) is 0 Å². The average molecular weight is 772 g/mol. The van der Waals surface area contributed by atoms with Gasteiger partial charge < -0.3 is 24.3 Å². The molecule has 11 aromatic rings. The third-order valence-electron chi connectivity index (χ3n) is 14.6. The Hall–Kier alpha value is -7.89. The van der Waals surface area contributed by atoms with E-state index < -0.39 is 0 Å². The Labute approximate surface area is 351 Å². The van der Waals surface area contributed by atoms with Gasteiger partial charge in [0.2, 0.25) is 0 Å². The molecule has 0 saturated carbocycles. The third-order valence-corrected chi connectivity index (χ3v) is 14.6. The zero-order chi connectivity index (χ0) is 39.2. The van der Waals surface area contributed by atoms with E-state index in [0.717, 1.165) is 0 Å². The molecule has 16 rings (SSSR count). The largest absolute Gasteiger partial charge is 0.356 e. The van der Waals surface area contributed by atoms with Crippen LogP contribution in [-0.4, -0.2) is 22.6 Å². The maximum Gasteiger partial charge on any atom is 0.257 e. The first-order valence-corrected chi connectivity index (χ1v) is 21.4. The Bertz CT molecular complexity index is 3830. The van der Waals surface area contributed by atoms with Crippen molar-refractivity contribution in [3.8, 4) is 11.4 Å². The number of anilines is 8. The first-order chi connectivity index (χ1) is 30.3. The molecule has 7 heteroatoms. The summed E-state index contributed by atoms with van der Waals surface area (Å²) in [5.74, 6) is 0. The smallest absolute Gasteiger partial charge is 0.257 e. The van der Waals surface area contributed by atoms with Crippen molar-refractivity contribution in [2.75, 3.05) is 15.1 Å². The molecule has 0 bridgehead atoms. The molecular weight excluding hydrogens is 740 g/mol. The fraction of sp³-hybridized carbons (Fsp3) is 0. The number of hydrogen-bond acceptors (Lipinski definition) is 3. The molecule has 0 aliphatic carbocycles. The minimum Gasteiger partial charge on any atom is -0.356 e. The molecule has 61 heavy (non-hydrogen) atoms. The predicted octanol–water partition coefficient (Wildman–Crippen LogP) is 9.16. The number of rotatable bonds is 2. The Morgan fingerprint density at radius 3 is 1.51 bits per heavy atom. The lowest BCUT2D eigenvalue weighted by Gasteiger charge is -2.43. The highest BCUT2D eigenvalue weighted by Gasteiger charge is 2.47. The van der Waals surface area contributed by atoms with E-state index in [9.17, 15) is 0 Å². The van der Waals surface area contributed by atoms with E-state index in [0.29, 0.717) is 0 Å². The van der Waals surface area contributed by atoms with Crippen LogP contribution in [0.3, 0.4) is 0 Å². The summed E-state index contributed by atoms with van der Waals surface area (Å²) in [6, 6.07) is 68.1. The second-order valence-corrected chi connectivity index (χ2v) is 17.2. The van der Waals surface area contributed by atoms with Crippen LogP contribution in [0, 0.1) is 0 Å². The van der Waals surface area contributed by atoms with E-state index in [2.05, 4.69) is 206 Å². The van der Waals surface area contributed by atoms with E-state index in [1.165, 1.54) is 133 Å². The standard InChI is InChI=1S/C54H31B2N5/c1-3-13-31(14-4-1)58-41-20-9-7-17-37(41)55-38-18-8-10-21-42(38)60-52-34(28-30-46(58)50(52)55)36-26-25-35-33-27-29-40-48-51(33)61(54(35)53(36)60)45-24-12-23-44-49(45)56(48)47-39(57-40)19-11-22-43(47)59(44)32-15-5-2-6-16-32/h1-30,57H. The number of benzene rings is 9. The van der Waals surface area contributed by atoms with Crippen LogP contribution in [0.25, 0.3) is 55.0 Å². The number of fused-ring (bicyclic) bond motifs is 13. The van der Waals surface area contributed by atoms with Crippen LogP contribution in [0.15, 0.2) is 182 Å². The van der Waals surface area contributed by atoms with Crippen molar-refractivity contribution >= 4 is 135 Å². The molecule has 0 spiro atoms. The normalized spacial score (nSPS) is 14.2. The quantitative estimate of drug-likeness (QED) is 0.178. The van der Waals surface area contributed by atoms with Gasteiger partial charge in [-0.15, -0.1) is 0 Å². The van der Waals surface area contributed by atoms with Crippen LogP contribution in [0.2, 0.25) is 0 Å². The Morgan fingerprint density at radius 2 is 0.770 bits per heavy atom. The van der Waals surface area contributed by atoms with Crippen molar-refractivity contribution in [1.29, 1.82) is 0 Å². The van der Waals surface area contributed by atoms with Gasteiger partial charge in [0.05, 0.1) is 22.1 Å². The van der Waals surface area contributed by atoms with Crippen LogP contribution in [-0.2, 0) is 0 Å². The van der Waals surface area contributed by atoms with Crippen molar-refractivity contribution in [3.63, 3.8) is 0 Å². The van der Waals surface area contributed by atoms with Crippen LogP contribution < -0.4 is 47.9 Å². The zero-order valence-corrected chi connectivity index (χ0v) is 32.8. The van der Waals surface area contributed by atoms with Gasteiger partial charge in [-0.05, 0) is 106 Å². The van der Waals surface area contributed by atoms with Crippen LogP contribution in [0.1, 0.15) is 0 Å². The summed E-state index contributed by atoms with van der Waals surface area (Å²) >= 11 is 0. The monoisotopic (exact) mass is 771 g/mol. The van der Waals surface area contributed by atoms with E-state index >= 15 is 0 Å². The molecule has 2 aromatic heterocycles. The molecule has 278 valence electrons. The van der Waals surface area contributed by atoms with E-state index in [4.69, 9.17) is 0 Å². The maximum atomic E-state index is 3.95. The highest BCUT2D eigenvalue weighted by atomic mass is 15.2. The summed E-state index contributed by atoms with van der Waals surface area (Å²) in [4.78, 5) is 4.98. The summed E-state index contributed by atoms with van der Waals surface area (Å²) in [5.41, 5.74) is 25.5. The SMILES string of the molecule is c1ccc(N2c3cccc4c3B3c5c2cccc5-n2c5c3c(ccc5c3ccc5c6ccc7c8c6n(c5c32)-c2ccccc2B8c2ccccc2N7c2ccccc2)N4)cc1. The fourth-order valence-corrected chi connectivity index (χ4v) is 12.5. The maximum absolute atomic E-state index is 3.95. The molecule has 0 radical (unpaired) electrons. The summed E-state index contributed by atoms with van der Waals surface area (Å²) in [5, 5.41) is 9.10. The summed E-state index contributed by atoms with van der Waals surface area (Å²) in [7, 11) is 0. The number of para-hydroxylation sites is 4. The van der Waals surface area contributed by atoms with Crippen LogP contribution in [0.5, 0.6) is 0 Å². The van der Waals surface area contributed by atoms with Gasteiger partial charge in [0.15, 0.2) is 0 Å². The first-order valence-electron chi connectivity index (χ1n) is 21.4. The van der Waals surface area contributed by atoms with Crippen molar-refractivity contribution in [2.24, 2.45) is 0 Å². The van der Waals surface area contributed by atoms with Gasteiger partial charge >= 0.3 is 0 Å². The minimum absolute atomic E-state index is 0.0985. The number of nitrogens with one attached hydrogen (secondary N) is 1. The van der Waals surface area contributed by atoms with Crippen molar-refractivity contribution in [1.82, 2.24) is 9.13 Å². The number of nitrogens with zero attached hydrogens (tertiary/aromatic N) is 4. The third kappa shape index (κ3) is 3.51. The molecule has 0 unspecified atom stereocenters. The molecule has 7 heterocycles. The summed E-state index contributed by atoms with van der Waals surface area (Å²) in [6.45, 7) is 0.202. The van der Waals surface area contributed by atoms with Crippen molar-refractivity contribution in [2.45, 2.75) is 0 Å². The molecule has 5 aliphatic heterocycles. The minimum atomic E-state index is 0.0985.